The van der Waals surface area contributed by atoms with Gasteiger partial charge in [0.05, 0.1) is 15.6 Å². The summed E-state index contributed by atoms with van der Waals surface area (Å²) in [4.78, 5) is 31.2. The van der Waals surface area contributed by atoms with Crippen molar-refractivity contribution in [3.05, 3.63) is 52.1 Å². The predicted molar refractivity (Wildman–Crippen MR) is 98.5 cm³/mol. The lowest BCUT2D eigenvalue weighted by Gasteiger charge is -2.33. The lowest BCUT2D eigenvalue weighted by atomic mass is 10.2. The molecule has 2 heterocycles. The first kappa shape index (κ1) is 17.5. The molecule has 0 spiro atoms. The van der Waals surface area contributed by atoms with E-state index in [2.05, 4.69) is 15.2 Å². The smallest absolute Gasteiger partial charge is 0.257 e. The molecule has 1 aliphatic heterocycles. The molecule has 0 saturated carbocycles. The lowest BCUT2D eigenvalue weighted by Crippen LogP contribution is -2.46. The Morgan fingerprint density at radius 2 is 1.84 bits per heavy atom. The summed E-state index contributed by atoms with van der Waals surface area (Å²) < 4.78 is 0. The Bertz CT molecular complexity index is 775. The topological polar surface area (TPSA) is 65.5 Å². The van der Waals surface area contributed by atoms with Gasteiger partial charge in [-0.2, -0.15) is 0 Å². The Morgan fingerprint density at radius 3 is 2.44 bits per heavy atom. The average Bonchev–Trinajstić information content (AvgIpc) is 2.65. The van der Waals surface area contributed by atoms with Crippen molar-refractivity contribution >= 4 is 47.0 Å². The molecule has 1 aliphatic rings. The van der Waals surface area contributed by atoms with Crippen LogP contribution in [-0.2, 0) is 4.79 Å². The minimum Gasteiger partial charge on any atom is -0.353 e. The summed E-state index contributed by atoms with van der Waals surface area (Å²) in [6, 6.07) is 8.43. The first-order valence-electron chi connectivity index (χ1n) is 7.73. The second kappa shape index (κ2) is 7.72. The van der Waals surface area contributed by atoms with Crippen LogP contribution in [0.2, 0.25) is 10.0 Å². The average molecular weight is 379 g/mol. The number of anilines is 2. The molecule has 2 amide bonds. The monoisotopic (exact) mass is 378 g/mol. The largest absolute Gasteiger partial charge is 0.353 e. The van der Waals surface area contributed by atoms with Crippen LogP contribution < -0.4 is 10.2 Å². The summed E-state index contributed by atoms with van der Waals surface area (Å²) in [6.45, 7) is 2.79. The molecular weight excluding hydrogens is 363 g/mol. The third-order valence-corrected chi connectivity index (χ3v) is 4.71. The molecule has 1 saturated heterocycles. The summed E-state index contributed by atoms with van der Waals surface area (Å²) in [7, 11) is 0. The van der Waals surface area contributed by atoms with Crippen molar-refractivity contribution in [2.75, 3.05) is 36.4 Å². The Kier molecular flexibility index (Phi) is 5.40. The number of pyridine rings is 1. The summed E-state index contributed by atoms with van der Waals surface area (Å²) in [5.74, 6) is 0.514. The zero-order valence-electron chi connectivity index (χ0n) is 13.3. The number of halogens is 2. The minimum atomic E-state index is -0.275. The molecule has 0 unspecified atom stereocenters. The van der Waals surface area contributed by atoms with Crippen molar-refractivity contribution in [1.29, 1.82) is 0 Å². The van der Waals surface area contributed by atoms with E-state index in [1.54, 1.807) is 35.2 Å². The Hall–Kier alpha value is -2.31. The fraction of sp³-hybridized carbons (Fsp3) is 0.235. The molecule has 25 heavy (non-hydrogen) atoms. The van der Waals surface area contributed by atoms with Gasteiger partial charge in [-0.1, -0.05) is 23.2 Å². The molecule has 1 aromatic heterocycles. The van der Waals surface area contributed by atoms with Crippen molar-refractivity contribution in [3.8, 4) is 0 Å². The second-order valence-electron chi connectivity index (χ2n) is 5.62. The summed E-state index contributed by atoms with van der Waals surface area (Å²) in [5.41, 5.74) is 1.01. The zero-order valence-corrected chi connectivity index (χ0v) is 14.8. The quantitative estimate of drug-likeness (QED) is 0.830. The highest BCUT2D eigenvalue weighted by Crippen LogP contribution is 2.25. The molecule has 1 fully saturated rings. The lowest BCUT2D eigenvalue weighted by molar-refractivity contribution is -0.118. The normalized spacial score (nSPS) is 14.3. The number of nitrogens with zero attached hydrogens (tertiary/aromatic N) is 3. The predicted octanol–water partition coefficient (Wildman–Crippen LogP) is 2.92. The zero-order chi connectivity index (χ0) is 17.8. The number of aromatic nitrogens is 1. The third kappa shape index (κ3) is 4.21. The van der Waals surface area contributed by atoms with Crippen LogP contribution in [0.4, 0.5) is 11.5 Å². The van der Waals surface area contributed by atoms with Crippen LogP contribution in [-0.4, -0.2) is 48.4 Å². The number of carbonyl (C=O) groups is 2. The maximum Gasteiger partial charge on any atom is 0.257 e. The molecule has 8 heteroatoms. The number of rotatable bonds is 4. The number of hydrogen-bond donors (Lipinski definition) is 1. The van der Waals surface area contributed by atoms with Gasteiger partial charge in [-0.15, -0.1) is 0 Å². The minimum absolute atomic E-state index is 0.275. The van der Waals surface area contributed by atoms with E-state index in [1.807, 2.05) is 0 Å². The van der Waals surface area contributed by atoms with E-state index in [9.17, 15) is 9.59 Å². The molecule has 6 nitrogen and oxygen atoms in total. The van der Waals surface area contributed by atoms with E-state index in [0.717, 1.165) is 25.3 Å². The van der Waals surface area contributed by atoms with E-state index in [0.29, 0.717) is 34.4 Å². The standard InChI is InChI=1S/C17H16Cl2N4O2/c18-14-3-2-13(9-15(14)19)21-17(25)12-1-4-16(20-10-12)23-7-5-22(11-24)6-8-23/h1-4,9-11H,5-8H2,(H,21,25). The molecule has 0 atom stereocenters. The molecule has 3 rings (SSSR count). The van der Waals surface area contributed by atoms with Gasteiger partial charge in [0.25, 0.3) is 5.91 Å². The van der Waals surface area contributed by atoms with Crippen LogP contribution in [0.15, 0.2) is 36.5 Å². The molecule has 0 aliphatic carbocycles. The number of benzene rings is 1. The third-order valence-electron chi connectivity index (χ3n) is 3.97. The van der Waals surface area contributed by atoms with Gasteiger partial charge in [-0.3, -0.25) is 9.59 Å². The van der Waals surface area contributed by atoms with Crippen molar-refractivity contribution in [1.82, 2.24) is 9.88 Å². The van der Waals surface area contributed by atoms with Gasteiger partial charge in [-0.05, 0) is 30.3 Å². The first-order chi connectivity index (χ1) is 12.1. The van der Waals surface area contributed by atoms with Crippen molar-refractivity contribution in [2.45, 2.75) is 0 Å². The van der Waals surface area contributed by atoms with E-state index in [-0.39, 0.29) is 5.91 Å². The fourth-order valence-corrected chi connectivity index (χ4v) is 2.84. The van der Waals surface area contributed by atoms with Gasteiger partial charge in [0.15, 0.2) is 0 Å². The van der Waals surface area contributed by atoms with Crippen LogP contribution >= 0.6 is 23.2 Å². The van der Waals surface area contributed by atoms with Gasteiger partial charge in [0.2, 0.25) is 6.41 Å². The maximum absolute atomic E-state index is 12.3. The first-order valence-corrected chi connectivity index (χ1v) is 8.49. The second-order valence-corrected chi connectivity index (χ2v) is 6.43. The van der Waals surface area contributed by atoms with Gasteiger partial charge >= 0.3 is 0 Å². The highest BCUT2D eigenvalue weighted by molar-refractivity contribution is 6.42. The van der Waals surface area contributed by atoms with Gasteiger partial charge < -0.3 is 15.1 Å². The molecule has 0 bridgehead atoms. The van der Waals surface area contributed by atoms with Crippen molar-refractivity contribution in [2.24, 2.45) is 0 Å². The number of piperazine rings is 1. The maximum atomic E-state index is 12.3. The molecule has 1 aromatic carbocycles. The van der Waals surface area contributed by atoms with E-state index in [1.165, 1.54) is 6.20 Å². The number of carbonyl (C=O) groups excluding carboxylic acids is 2. The summed E-state index contributed by atoms with van der Waals surface area (Å²) in [6.07, 6.45) is 2.40. The van der Waals surface area contributed by atoms with Crippen LogP contribution in [0.5, 0.6) is 0 Å². The Morgan fingerprint density at radius 1 is 1.08 bits per heavy atom. The molecule has 0 radical (unpaired) electrons. The van der Waals surface area contributed by atoms with Crippen molar-refractivity contribution < 1.29 is 9.59 Å². The van der Waals surface area contributed by atoms with Crippen molar-refractivity contribution in [3.63, 3.8) is 0 Å². The van der Waals surface area contributed by atoms with E-state index < -0.39 is 0 Å². The van der Waals surface area contributed by atoms with Gasteiger partial charge in [0, 0.05) is 38.1 Å². The Labute approximate surface area is 155 Å². The Balaban J connectivity index is 1.64. The SMILES string of the molecule is O=CN1CCN(c2ccc(C(=O)Nc3ccc(Cl)c(Cl)c3)cn2)CC1. The number of amides is 2. The number of nitrogens with one attached hydrogen (secondary N) is 1. The van der Waals surface area contributed by atoms with E-state index in [4.69, 9.17) is 23.2 Å². The van der Waals surface area contributed by atoms with Crippen LogP contribution in [0.25, 0.3) is 0 Å². The molecule has 1 N–H and O–H groups in total. The molecule has 2 aromatic rings. The number of hydrogen-bond acceptors (Lipinski definition) is 4. The summed E-state index contributed by atoms with van der Waals surface area (Å²) in [5, 5.41) is 3.57. The van der Waals surface area contributed by atoms with Crippen LogP contribution in [0.3, 0.4) is 0 Å². The fourth-order valence-electron chi connectivity index (χ4n) is 2.54. The van der Waals surface area contributed by atoms with Crippen LogP contribution in [0.1, 0.15) is 10.4 Å². The van der Waals surface area contributed by atoms with Crippen LogP contribution in [0, 0.1) is 0 Å². The van der Waals surface area contributed by atoms with E-state index >= 15 is 0 Å². The highest BCUT2D eigenvalue weighted by atomic mass is 35.5. The summed E-state index contributed by atoms with van der Waals surface area (Å²) >= 11 is 11.8. The van der Waals surface area contributed by atoms with Gasteiger partial charge in [0.1, 0.15) is 5.82 Å². The molecule has 130 valence electrons. The van der Waals surface area contributed by atoms with Gasteiger partial charge in [-0.25, -0.2) is 4.98 Å². The molecular formula is C17H16Cl2N4O2. The highest BCUT2D eigenvalue weighted by Gasteiger charge is 2.17.